The minimum Gasteiger partial charge on any atom is -0.367 e. The lowest BCUT2D eigenvalue weighted by Crippen LogP contribution is -2.26. The fourth-order valence-corrected chi connectivity index (χ4v) is 1.66. The summed E-state index contributed by atoms with van der Waals surface area (Å²) in [6.07, 6.45) is 3.31. The van der Waals surface area contributed by atoms with Gasteiger partial charge in [-0.2, -0.15) is 10.2 Å². The van der Waals surface area contributed by atoms with Crippen LogP contribution in [0.15, 0.2) is 63.8 Å². The van der Waals surface area contributed by atoms with Gasteiger partial charge in [0.15, 0.2) is 0 Å². The van der Waals surface area contributed by atoms with Gasteiger partial charge in [-0.15, -0.1) is 17.5 Å². The SMILES string of the molecule is Cc1ccc(/C=N/N=C(\N)N/N=C/c2ccc(C)cc2)cc1.Cl. The molecule has 5 nitrogen and oxygen atoms in total. The Bertz CT molecular complexity index is 688. The Morgan fingerprint density at radius 3 is 1.87 bits per heavy atom. The Kier molecular flexibility index (Phi) is 7.50. The summed E-state index contributed by atoms with van der Waals surface area (Å²) < 4.78 is 0. The normalized spacial score (nSPS) is 11.7. The van der Waals surface area contributed by atoms with Crippen LogP contribution in [0.4, 0.5) is 0 Å². The molecule has 0 saturated heterocycles. The molecule has 23 heavy (non-hydrogen) atoms. The number of hydrazone groups is 1. The number of hydrogen-bond donors (Lipinski definition) is 2. The fourth-order valence-electron chi connectivity index (χ4n) is 1.66. The van der Waals surface area contributed by atoms with E-state index < -0.39 is 0 Å². The standard InChI is InChI=1S/C17H19N5.ClH/c1-13-3-7-15(8-4-13)11-19-21-17(18)22-20-12-16-9-5-14(2)6-10-16;/h3-12H,1-2H3,(H3,18,21,22);1H/b19-11+,20-12+;. The van der Waals surface area contributed by atoms with E-state index in [-0.39, 0.29) is 18.4 Å². The summed E-state index contributed by atoms with van der Waals surface area (Å²) >= 11 is 0. The molecule has 0 aliphatic heterocycles. The Morgan fingerprint density at radius 2 is 1.35 bits per heavy atom. The van der Waals surface area contributed by atoms with Crippen LogP contribution in [0.3, 0.4) is 0 Å². The van der Waals surface area contributed by atoms with Crippen molar-refractivity contribution in [2.45, 2.75) is 13.8 Å². The van der Waals surface area contributed by atoms with E-state index in [9.17, 15) is 0 Å². The summed E-state index contributed by atoms with van der Waals surface area (Å²) in [7, 11) is 0. The molecule has 6 heteroatoms. The van der Waals surface area contributed by atoms with Gasteiger partial charge in [0, 0.05) is 0 Å². The molecular formula is C17H20ClN5. The Labute approximate surface area is 142 Å². The van der Waals surface area contributed by atoms with Crippen LogP contribution in [0.25, 0.3) is 0 Å². The molecule has 0 amide bonds. The third-order valence-corrected chi connectivity index (χ3v) is 2.92. The molecule has 3 N–H and O–H groups in total. The highest BCUT2D eigenvalue weighted by Gasteiger charge is 1.89. The van der Waals surface area contributed by atoms with Crippen molar-refractivity contribution < 1.29 is 0 Å². The van der Waals surface area contributed by atoms with Crippen LogP contribution in [-0.2, 0) is 0 Å². The molecular weight excluding hydrogens is 310 g/mol. The van der Waals surface area contributed by atoms with Crippen LogP contribution in [0.2, 0.25) is 0 Å². The maximum atomic E-state index is 5.66. The van der Waals surface area contributed by atoms with Crippen molar-refractivity contribution in [2.24, 2.45) is 21.0 Å². The minimum absolute atomic E-state index is 0. The van der Waals surface area contributed by atoms with E-state index in [0.29, 0.717) is 0 Å². The van der Waals surface area contributed by atoms with Crippen molar-refractivity contribution in [2.75, 3.05) is 0 Å². The number of benzene rings is 2. The van der Waals surface area contributed by atoms with Crippen LogP contribution < -0.4 is 11.2 Å². The topological polar surface area (TPSA) is 75.1 Å². The maximum Gasteiger partial charge on any atom is 0.234 e. The smallest absolute Gasteiger partial charge is 0.234 e. The Balaban J connectivity index is 0.00000264. The van der Waals surface area contributed by atoms with Gasteiger partial charge in [0.2, 0.25) is 5.96 Å². The molecule has 0 aliphatic carbocycles. The molecule has 0 atom stereocenters. The molecule has 0 fully saturated rings. The van der Waals surface area contributed by atoms with E-state index in [2.05, 4.69) is 20.7 Å². The predicted molar refractivity (Wildman–Crippen MR) is 99.6 cm³/mol. The molecule has 2 aromatic carbocycles. The lowest BCUT2D eigenvalue weighted by atomic mass is 10.2. The van der Waals surface area contributed by atoms with E-state index in [0.717, 1.165) is 11.1 Å². The number of hydrogen-bond acceptors (Lipinski definition) is 3. The molecule has 2 rings (SSSR count). The Morgan fingerprint density at radius 1 is 0.870 bits per heavy atom. The van der Waals surface area contributed by atoms with Crippen molar-refractivity contribution >= 4 is 30.8 Å². The quantitative estimate of drug-likeness (QED) is 0.514. The van der Waals surface area contributed by atoms with Crippen LogP contribution in [-0.4, -0.2) is 18.4 Å². The van der Waals surface area contributed by atoms with Crippen LogP contribution in [0, 0.1) is 13.8 Å². The molecule has 0 saturated carbocycles. The van der Waals surface area contributed by atoms with Crippen LogP contribution >= 0.6 is 12.4 Å². The van der Waals surface area contributed by atoms with Crippen molar-refractivity contribution in [3.63, 3.8) is 0 Å². The molecule has 0 unspecified atom stereocenters. The average molecular weight is 330 g/mol. The number of halogens is 1. The lowest BCUT2D eigenvalue weighted by Gasteiger charge is -1.97. The zero-order chi connectivity index (χ0) is 15.8. The van der Waals surface area contributed by atoms with E-state index in [1.807, 2.05) is 62.4 Å². The average Bonchev–Trinajstić information content (AvgIpc) is 2.51. The van der Waals surface area contributed by atoms with Crippen LogP contribution in [0.1, 0.15) is 22.3 Å². The van der Waals surface area contributed by atoms with Gasteiger partial charge in [0.05, 0.1) is 12.4 Å². The first-order valence-electron chi connectivity index (χ1n) is 6.92. The first-order valence-corrected chi connectivity index (χ1v) is 6.92. The number of nitrogens with zero attached hydrogens (tertiary/aromatic N) is 3. The summed E-state index contributed by atoms with van der Waals surface area (Å²) in [6, 6.07) is 15.9. The second-order valence-corrected chi connectivity index (χ2v) is 4.92. The summed E-state index contributed by atoms with van der Waals surface area (Å²) in [5, 5.41) is 11.7. The first kappa shape index (κ1) is 18.4. The highest BCUT2D eigenvalue weighted by atomic mass is 35.5. The van der Waals surface area contributed by atoms with E-state index in [4.69, 9.17) is 5.73 Å². The van der Waals surface area contributed by atoms with Gasteiger partial charge in [0.25, 0.3) is 0 Å². The highest BCUT2D eigenvalue weighted by molar-refractivity contribution is 5.85. The van der Waals surface area contributed by atoms with E-state index in [1.165, 1.54) is 11.1 Å². The zero-order valence-electron chi connectivity index (χ0n) is 13.1. The Hall–Kier alpha value is -2.66. The molecule has 0 radical (unpaired) electrons. The molecule has 0 aromatic heterocycles. The summed E-state index contributed by atoms with van der Waals surface area (Å²) in [6.45, 7) is 4.07. The molecule has 0 heterocycles. The van der Waals surface area contributed by atoms with Crippen molar-refractivity contribution in [1.29, 1.82) is 0 Å². The molecule has 2 aromatic rings. The predicted octanol–water partition coefficient (Wildman–Crippen LogP) is 3.00. The zero-order valence-corrected chi connectivity index (χ0v) is 13.9. The maximum absolute atomic E-state index is 5.66. The number of nitrogens with one attached hydrogen (secondary N) is 1. The molecule has 0 bridgehead atoms. The minimum atomic E-state index is 0. The summed E-state index contributed by atoms with van der Waals surface area (Å²) in [5.41, 5.74) is 12.6. The second-order valence-electron chi connectivity index (χ2n) is 4.92. The summed E-state index contributed by atoms with van der Waals surface area (Å²) in [5.74, 6) is 0.131. The van der Waals surface area contributed by atoms with Crippen molar-refractivity contribution in [3.8, 4) is 0 Å². The number of rotatable bonds is 4. The molecule has 0 spiro atoms. The second kappa shape index (κ2) is 9.38. The van der Waals surface area contributed by atoms with Crippen molar-refractivity contribution in [1.82, 2.24) is 5.43 Å². The highest BCUT2D eigenvalue weighted by Crippen LogP contribution is 2.00. The number of guanidine groups is 1. The molecule has 120 valence electrons. The van der Waals surface area contributed by atoms with Gasteiger partial charge < -0.3 is 5.73 Å². The van der Waals surface area contributed by atoms with E-state index in [1.54, 1.807) is 12.4 Å². The fraction of sp³-hybridized carbons (Fsp3) is 0.118. The van der Waals surface area contributed by atoms with Crippen molar-refractivity contribution in [3.05, 3.63) is 70.8 Å². The van der Waals surface area contributed by atoms with Gasteiger partial charge in [-0.3, -0.25) is 0 Å². The van der Waals surface area contributed by atoms with Gasteiger partial charge >= 0.3 is 0 Å². The van der Waals surface area contributed by atoms with Gasteiger partial charge in [-0.25, -0.2) is 5.43 Å². The third-order valence-electron chi connectivity index (χ3n) is 2.92. The summed E-state index contributed by atoms with van der Waals surface area (Å²) in [4.78, 5) is 0. The molecule has 0 aliphatic rings. The van der Waals surface area contributed by atoms with E-state index >= 15 is 0 Å². The first-order chi connectivity index (χ1) is 10.6. The van der Waals surface area contributed by atoms with Gasteiger partial charge in [0.1, 0.15) is 0 Å². The third kappa shape index (κ3) is 6.76. The largest absolute Gasteiger partial charge is 0.367 e. The van der Waals surface area contributed by atoms with Crippen LogP contribution in [0.5, 0.6) is 0 Å². The lowest BCUT2D eigenvalue weighted by molar-refractivity contribution is 0.994. The number of nitrogens with two attached hydrogens (primary N) is 1. The van der Waals surface area contributed by atoms with Gasteiger partial charge in [-0.05, 0) is 25.0 Å². The monoisotopic (exact) mass is 329 g/mol. The van der Waals surface area contributed by atoms with Gasteiger partial charge in [-0.1, -0.05) is 59.7 Å². The number of aryl methyl sites for hydroxylation is 2.